The summed E-state index contributed by atoms with van der Waals surface area (Å²) in [5, 5.41) is 6.74. The molecule has 8 nitrogen and oxygen atoms in total. The number of carbonyl (C=O) groups excluding carboxylic acids is 3. The molecule has 4 atom stereocenters. The van der Waals surface area contributed by atoms with Crippen LogP contribution in [0.25, 0.3) is 0 Å². The number of fused-ring (bicyclic) bond motifs is 2. The standard InChI is InChI=1S/C31H41N5O3/c1-5-26(17(2)3)35-27-15-24(18(4)12-25(27)30(32)38)31(39)34-21-13-22-9-10-23(14-21)36(22)28-11-8-20(16-33-28)29(37)19-6-7-19/h8,11-12,15-17,19,21-23,26,35H,5-7,9-10,13-14H2,1-4H3,(H2,32,38)(H,34,39)/t21-,22+,23-,26?. The van der Waals surface area contributed by atoms with Crippen LogP contribution in [-0.2, 0) is 0 Å². The van der Waals surface area contributed by atoms with E-state index >= 15 is 0 Å². The van der Waals surface area contributed by atoms with Crippen molar-refractivity contribution in [2.75, 3.05) is 10.2 Å². The first kappa shape index (κ1) is 27.2. The van der Waals surface area contributed by atoms with Crippen molar-refractivity contribution in [2.24, 2.45) is 17.6 Å². The molecule has 1 unspecified atom stereocenters. The minimum atomic E-state index is -0.506. The first-order valence-corrected chi connectivity index (χ1v) is 14.5. The van der Waals surface area contributed by atoms with Crippen LogP contribution in [0, 0.1) is 18.8 Å². The van der Waals surface area contributed by atoms with Crippen molar-refractivity contribution >= 4 is 29.1 Å². The molecule has 0 radical (unpaired) electrons. The van der Waals surface area contributed by atoms with E-state index in [1.807, 2.05) is 19.1 Å². The highest BCUT2D eigenvalue weighted by molar-refractivity contribution is 6.03. The summed E-state index contributed by atoms with van der Waals surface area (Å²) in [7, 11) is 0. The number of nitrogens with one attached hydrogen (secondary N) is 2. The highest BCUT2D eigenvalue weighted by atomic mass is 16.2. The molecule has 3 fully saturated rings. The third kappa shape index (κ3) is 5.65. The van der Waals surface area contributed by atoms with Gasteiger partial charge in [0.05, 0.1) is 5.56 Å². The second-order valence-electron chi connectivity index (χ2n) is 12.0. The number of piperidine rings is 1. The number of nitrogens with zero attached hydrogens (tertiary/aromatic N) is 2. The molecular formula is C31H41N5O3. The van der Waals surface area contributed by atoms with Crippen LogP contribution in [0.4, 0.5) is 11.5 Å². The second-order valence-corrected chi connectivity index (χ2v) is 12.0. The van der Waals surface area contributed by atoms with Gasteiger partial charge in [0.1, 0.15) is 5.82 Å². The van der Waals surface area contributed by atoms with Gasteiger partial charge >= 0.3 is 0 Å². The van der Waals surface area contributed by atoms with Gasteiger partial charge in [-0.25, -0.2) is 4.98 Å². The van der Waals surface area contributed by atoms with Crippen molar-refractivity contribution in [2.45, 2.75) is 96.8 Å². The molecular weight excluding hydrogens is 490 g/mol. The highest BCUT2D eigenvalue weighted by Gasteiger charge is 2.42. The fraction of sp³-hybridized carbons (Fsp3) is 0.548. The molecule has 39 heavy (non-hydrogen) atoms. The van der Waals surface area contributed by atoms with Crippen LogP contribution < -0.4 is 21.3 Å². The first-order valence-electron chi connectivity index (χ1n) is 14.5. The van der Waals surface area contributed by atoms with E-state index in [9.17, 15) is 14.4 Å². The number of carbonyl (C=O) groups is 3. The van der Waals surface area contributed by atoms with E-state index in [0.29, 0.717) is 40.4 Å². The summed E-state index contributed by atoms with van der Waals surface area (Å²) in [6.45, 7) is 8.21. The van der Waals surface area contributed by atoms with Crippen LogP contribution in [0.15, 0.2) is 30.5 Å². The summed E-state index contributed by atoms with van der Waals surface area (Å²) in [4.78, 5) is 45.1. The van der Waals surface area contributed by atoms with Gasteiger partial charge in [0.25, 0.3) is 11.8 Å². The second kappa shape index (κ2) is 11.0. The summed E-state index contributed by atoms with van der Waals surface area (Å²) < 4.78 is 0. The third-order valence-corrected chi connectivity index (χ3v) is 8.77. The Bertz CT molecular complexity index is 1240. The molecule has 208 valence electrons. The van der Waals surface area contributed by atoms with E-state index in [-0.39, 0.29) is 29.7 Å². The predicted octanol–water partition coefficient (Wildman–Crippen LogP) is 4.86. The summed E-state index contributed by atoms with van der Waals surface area (Å²) in [5.74, 6) is 1.06. The first-order chi connectivity index (χ1) is 18.7. The van der Waals surface area contributed by atoms with Crippen molar-refractivity contribution in [3.63, 3.8) is 0 Å². The summed E-state index contributed by atoms with van der Waals surface area (Å²) >= 11 is 0. The molecule has 1 aromatic carbocycles. The Hall–Kier alpha value is -3.42. The van der Waals surface area contributed by atoms with E-state index in [2.05, 4.69) is 41.3 Å². The number of Topliss-reactive ketones (excluding diaryl/α,β-unsaturated/α-hetero) is 1. The zero-order valence-electron chi connectivity index (χ0n) is 23.5. The number of primary amides is 1. The zero-order valence-corrected chi connectivity index (χ0v) is 23.5. The number of rotatable bonds is 10. The Morgan fingerprint density at radius 1 is 1.05 bits per heavy atom. The monoisotopic (exact) mass is 531 g/mol. The molecule has 3 aliphatic rings. The molecule has 2 amide bonds. The Balaban J connectivity index is 1.28. The number of ketones is 1. The van der Waals surface area contributed by atoms with Gasteiger partial charge in [0.2, 0.25) is 0 Å². The fourth-order valence-electron chi connectivity index (χ4n) is 6.41. The molecule has 1 saturated carbocycles. The van der Waals surface area contributed by atoms with Crippen LogP contribution in [0.3, 0.4) is 0 Å². The summed E-state index contributed by atoms with van der Waals surface area (Å²) in [6.07, 6.45) is 8.44. The minimum Gasteiger partial charge on any atom is -0.381 e. The molecule has 2 aromatic rings. The van der Waals surface area contributed by atoms with E-state index in [1.54, 1.807) is 18.3 Å². The SMILES string of the molecule is CCC(Nc1cc(C(=O)N[C@H]2C[C@H]3CC[C@@H](C2)N3c2ccc(C(=O)C3CC3)cn2)c(C)cc1C(N)=O)C(C)C. The quantitative estimate of drug-likeness (QED) is 0.377. The maximum Gasteiger partial charge on any atom is 0.251 e. The van der Waals surface area contributed by atoms with Crippen LogP contribution in [0.2, 0.25) is 0 Å². The molecule has 3 heterocycles. The fourth-order valence-corrected chi connectivity index (χ4v) is 6.41. The number of benzene rings is 1. The highest BCUT2D eigenvalue weighted by Crippen LogP contribution is 2.39. The maximum atomic E-state index is 13.5. The Morgan fingerprint density at radius 3 is 2.28 bits per heavy atom. The zero-order chi connectivity index (χ0) is 27.8. The molecule has 2 bridgehead atoms. The molecule has 8 heteroatoms. The normalized spacial score (nSPS) is 23.0. The molecule has 1 aromatic heterocycles. The van der Waals surface area contributed by atoms with Gasteiger partial charge < -0.3 is 21.3 Å². The molecule has 2 saturated heterocycles. The van der Waals surface area contributed by atoms with E-state index in [4.69, 9.17) is 5.73 Å². The average molecular weight is 532 g/mol. The van der Waals surface area contributed by atoms with E-state index in [1.165, 1.54) is 0 Å². The number of hydrogen-bond donors (Lipinski definition) is 3. The average Bonchev–Trinajstić information content (AvgIpc) is 3.72. The molecule has 4 N–H and O–H groups in total. The van der Waals surface area contributed by atoms with Gasteiger partial charge in [-0.15, -0.1) is 0 Å². The number of anilines is 2. The number of nitrogens with two attached hydrogens (primary N) is 1. The lowest BCUT2D eigenvalue weighted by atomic mass is 9.95. The number of amides is 2. The van der Waals surface area contributed by atoms with Gasteiger partial charge in [0, 0.05) is 53.1 Å². The van der Waals surface area contributed by atoms with Gasteiger partial charge in [0.15, 0.2) is 5.78 Å². The van der Waals surface area contributed by atoms with E-state index in [0.717, 1.165) is 56.3 Å². The summed E-state index contributed by atoms with van der Waals surface area (Å²) in [5.41, 5.74) is 8.71. The van der Waals surface area contributed by atoms with Crippen molar-refractivity contribution in [3.05, 3.63) is 52.7 Å². The molecule has 5 rings (SSSR count). The maximum absolute atomic E-state index is 13.5. The van der Waals surface area contributed by atoms with Gasteiger partial charge in [-0.2, -0.15) is 0 Å². The third-order valence-electron chi connectivity index (χ3n) is 8.77. The summed E-state index contributed by atoms with van der Waals surface area (Å²) in [6, 6.07) is 8.25. The number of hydrogen-bond acceptors (Lipinski definition) is 6. The Labute approximate surface area is 231 Å². The smallest absolute Gasteiger partial charge is 0.251 e. The Morgan fingerprint density at radius 2 is 1.74 bits per heavy atom. The van der Waals surface area contributed by atoms with Crippen LogP contribution in [-0.4, -0.2) is 46.7 Å². The predicted molar refractivity (Wildman–Crippen MR) is 153 cm³/mol. The van der Waals surface area contributed by atoms with Crippen molar-refractivity contribution < 1.29 is 14.4 Å². The Kier molecular flexibility index (Phi) is 7.65. The number of pyridine rings is 1. The number of aryl methyl sites for hydroxylation is 1. The lowest BCUT2D eigenvalue weighted by Gasteiger charge is -2.40. The van der Waals surface area contributed by atoms with Crippen molar-refractivity contribution in [1.82, 2.24) is 10.3 Å². The molecule has 1 aliphatic carbocycles. The number of aromatic nitrogens is 1. The van der Waals surface area contributed by atoms with Gasteiger partial charge in [-0.05, 0) is 87.6 Å². The van der Waals surface area contributed by atoms with E-state index < -0.39 is 5.91 Å². The van der Waals surface area contributed by atoms with Crippen LogP contribution in [0.1, 0.15) is 102 Å². The van der Waals surface area contributed by atoms with Crippen LogP contribution in [0.5, 0.6) is 0 Å². The largest absolute Gasteiger partial charge is 0.381 e. The lowest BCUT2D eigenvalue weighted by molar-refractivity contribution is 0.0923. The van der Waals surface area contributed by atoms with Crippen molar-refractivity contribution in [3.8, 4) is 0 Å². The van der Waals surface area contributed by atoms with Crippen molar-refractivity contribution in [1.29, 1.82) is 0 Å². The minimum absolute atomic E-state index is 0.0626. The topological polar surface area (TPSA) is 117 Å². The molecule has 2 aliphatic heterocycles. The lowest BCUT2D eigenvalue weighted by Crippen LogP contribution is -2.50. The van der Waals surface area contributed by atoms with Crippen LogP contribution >= 0.6 is 0 Å². The molecule has 0 spiro atoms. The van der Waals surface area contributed by atoms with Gasteiger partial charge in [-0.1, -0.05) is 20.8 Å². The van der Waals surface area contributed by atoms with Gasteiger partial charge in [-0.3, -0.25) is 14.4 Å².